The third kappa shape index (κ3) is 4.37. The zero-order valence-electron chi connectivity index (χ0n) is 20.3. The Kier molecular flexibility index (Phi) is 7.70. The molecule has 182 valence electrons. The van der Waals surface area contributed by atoms with Gasteiger partial charge in [0.25, 0.3) is 5.56 Å². The van der Waals surface area contributed by atoms with E-state index >= 15 is 0 Å². The first-order valence-electron chi connectivity index (χ1n) is 11.5. The van der Waals surface area contributed by atoms with Crippen molar-refractivity contribution in [3.05, 3.63) is 33.1 Å². The third-order valence-electron chi connectivity index (χ3n) is 6.77. The van der Waals surface area contributed by atoms with Crippen LogP contribution in [0, 0.1) is 0 Å². The standard InChI is InChI=1S/C21H38N2O6SSi2/c1-12(2)31(13(3)4)27-11-16-19(28-32(29-31,14(5)6)15(7)8)18(25)20(30-16)23-10-9-17(24)22-21(23)26/h9-10,12-16,18-20,25H,11H2,1-8H3,(H,22,24,26)/t16-,18-,19-,20?/m1/s1. The molecule has 3 heterocycles. The molecule has 0 radical (unpaired) electrons. The predicted octanol–water partition coefficient (Wildman–Crippen LogP) is 3.47. The molecule has 3 rings (SSSR count). The number of aromatic nitrogens is 2. The van der Waals surface area contributed by atoms with Crippen LogP contribution >= 0.6 is 11.8 Å². The van der Waals surface area contributed by atoms with E-state index in [1.807, 2.05) is 0 Å². The molecular formula is C21H38N2O6SSi2. The number of aromatic amines is 1. The minimum atomic E-state index is -2.84. The molecule has 0 aliphatic carbocycles. The SMILES string of the molecule is CC(C)[Si]1(C(C)C)OC[C@H]2SC(n3ccc(=O)[nH]c3=O)[C@H](O)[C@@H]2O[Si](C(C)C)(C(C)C)O1. The highest BCUT2D eigenvalue weighted by atomic mass is 32.2. The van der Waals surface area contributed by atoms with Gasteiger partial charge < -0.3 is 18.1 Å². The Morgan fingerprint density at radius 1 is 1.03 bits per heavy atom. The van der Waals surface area contributed by atoms with Crippen molar-refractivity contribution >= 4 is 28.9 Å². The van der Waals surface area contributed by atoms with Gasteiger partial charge in [-0.05, 0) is 22.2 Å². The molecule has 1 aromatic heterocycles. The molecule has 4 atom stereocenters. The van der Waals surface area contributed by atoms with Crippen molar-refractivity contribution < 1.29 is 18.1 Å². The maximum absolute atomic E-state index is 12.4. The first kappa shape index (κ1) is 25.9. The van der Waals surface area contributed by atoms with Crippen LogP contribution in [0.15, 0.2) is 21.9 Å². The van der Waals surface area contributed by atoms with E-state index in [2.05, 4.69) is 60.4 Å². The molecule has 1 unspecified atom stereocenters. The van der Waals surface area contributed by atoms with Gasteiger partial charge in [-0.1, -0.05) is 55.4 Å². The molecule has 1 aromatic rings. The fourth-order valence-electron chi connectivity index (χ4n) is 4.99. The van der Waals surface area contributed by atoms with E-state index < -0.39 is 46.0 Å². The maximum Gasteiger partial charge on any atom is 0.335 e. The summed E-state index contributed by atoms with van der Waals surface area (Å²) in [6.07, 6.45) is -0.0147. The molecule has 0 aromatic carbocycles. The number of nitrogens with zero attached hydrogens (tertiary/aromatic N) is 1. The van der Waals surface area contributed by atoms with E-state index in [0.717, 1.165) is 0 Å². The van der Waals surface area contributed by atoms with Crippen LogP contribution in [0.3, 0.4) is 0 Å². The fourth-order valence-corrected chi connectivity index (χ4v) is 17.9. The second-order valence-corrected chi connectivity index (χ2v) is 20.3. The fraction of sp³-hybridized carbons (Fsp3) is 0.810. The van der Waals surface area contributed by atoms with Crippen molar-refractivity contribution in [2.75, 3.05) is 6.61 Å². The van der Waals surface area contributed by atoms with Crippen LogP contribution in [0.5, 0.6) is 0 Å². The summed E-state index contributed by atoms with van der Waals surface area (Å²) in [5.41, 5.74) is -0.215. The van der Waals surface area contributed by atoms with E-state index in [1.54, 1.807) is 0 Å². The maximum atomic E-state index is 12.4. The Balaban J connectivity index is 2.08. The van der Waals surface area contributed by atoms with Crippen LogP contribution in [-0.2, 0) is 13.0 Å². The van der Waals surface area contributed by atoms with Gasteiger partial charge in [-0.15, -0.1) is 11.8 Å². The van der Waals surface area contributed by atoms with Crippen LogP contribution in [0.1, 0.15) is 60.8 Å². The van der Waals surface area contributed by atoms with Crippen molar-refractivity contribution in [2.45, 2.75) is 100 Å². The predicted molar refractivity (Wildman–Crippen MR) is 132 cm³/mol. The van der Waals surface area contributed by atoms with Crippen LogP contribution in [-0.4, -0.2) is 55.8 Å². The van der Waals surface area contributed by atoms with Gasteiger partial charge in [-0.25, -0.2) is 4.79 Å². The van der Waals surface area contributed by atoms with E-state index in [9.17, 15) is 14.7 Å². The average molecular weight is 503 g/mol. The van der Waals surface area contributed by atoms with Gasteiger partial charge in [0, 0.05) is 12.3 Å². The highest BCUT2D eigenvalue weighted by Crippen LogP contribution is 2.51. The van der Waals surface area contributed by atoms with E-state index in [1.165, 1.54) is 28.6 Å². The first-order chi connectivity index (χ1) is 14.9. The summed E-state index contributed by atoms with van der Waals surface area (Å²) >= 11 is 1.48. The molecule has 8 nitrogen and oxygen atoms in total. The summed E-state index contributed by atoms with van der Waals surface area (Å²) in [7, 11) is -5.50. The van der Waals surface area contributed by atoms with Crippen molar-refractivity contribution in [3.8, 4) is 0 Å². The summed E-state index contributed by atoms with van der Waals surface area (Å²) < 4.78 is 22.2. The summed E-state index contributed by atoms with van der Waals surface area (Å²) in [5.74, 6) is 0. The lowest BCUT2D eigenvalue weighted by Gasteiger charge is -2.51. The van der Waals surface area contributed by atoms with Crippen LogP contribution in [0.4, 0.5) is 0 Å². The molecule has 2 aliphatic rings. The van der Waals surface area contributed by atoms with Crippen LogP contribution in [0.25, 0.3) is 0 Å². The number of nitrogens with one attached hydrogen (secondary N) is 1. The number of hydrogen-bond acceptors (Lipinski definition) is 7. The largest absolute Gasteiger partial charge is 0.414 e. The summed E-state index contributed by atoms with van der Waals surface area (Å²) in [6, 6.07) is 1.30. The Morgan fingerprint density at radius 2 is 1.59 bits per heavy atom. The molecule has 2 fully saturated rings. The molecule has 2 saturated heterocycles. The number of fused-ring (bicyclic) bond motifs is 1. The van der Waals surface area contributed by atoms with Gasteiger partial charge in [0.1, 0.15) is 11.5 Å². The van der Waals surface area contributed by atoms with Crippen molar-refractivity contribution in [1.29, 1.82) is 0 Å². The lowest BCUT2D eigenvalue weighted by atomic mass is 10.1. The van der Waals surface area contributed by atoms with Gasteiger partial charge in [0.15, 0.2) is 0 Å². The highest BCUT2D eigenvalue weighted by molar-refractivity contribution is 8.00. The normalized spacial score (nSPS) is 30.0. The molecule has 2 N–H and O–H groups in total. The van der Waals surface area contributed by atoms with Crippen molar-refractivity contribution in [3.63, 3.8) is 0 Å². The second kappa shape index (κ2) is 9.51. The molecule has 0 bridgehead atoms. The highest BCUT2D eigenvalue weighted by Gasteiger charge is 2.61. The number of aliphatic hydroxyl groups excluding tert-OH is 1. The smallest absolute Gasteiger partial charge is 0.335 e. The summed E-state index contributed by atoms with van der Waals surface area (Å²) in [6.45, 7) is 17.6. The first-order valence-corrected chi connectivity index (χ1v) is 16.4. The summed E-state index contributed by atoms with van der Waals surface area (Å²) in [5, 5.41) is 10.6. The molecule has 0 spiro atoms. The van der Waals surface area contributed by atoms with Crippen molar-refractivity contribution in [1.82, 2.24) is 9.55 Å². The van der Waals surface area contributed by atoms with E-state index in [0.29, 0.717) is 6.61 Å². The van der Waals surface area contributed by atoms with E-state index in [-0.39, 0.29) is 27.4 Å². The molecule has 32 heavy (non-hydrogen) atoms. The lowest BCUT2D eigenvalue weighted by Crippen LogP contribution is -2.65. The van der Waals surface area contributed by atoms with Crippen molar-refractivity contribution in [2.24, 2.45) is 0 Å². The number of rotatable bonds is 5. The molecular weight excluding hydrogens is 464 g/mol. The number of hydrogen-bond donors (Lipinski definition) is 2. The quantitative estimate of drug-likeness (QED) is 0.594. The lowest BCUT2D eigenvalue weighted by molar-refractivity contribution is -0.00914. The average Bonchev–Trinajstić information content (AvgIpc) is 2.96. The Labute approximate surface area is 196 Å². The topological polar surface area (TPSA) is 103 Å². The number of thioether (sulfide) groups is 1. The van der Waals surface area contributed by atoms with E-state index in [4.69, 9.17) is 13.0 Å². The van der Waals surface area contributed by atoms with Gasteiger partial charge >= 0.3 is 22.8 Å². The third-order valence-corrected chi connectivity index (χ3v) is 18.6. The zero-order chi connectivity index (χ0) is 24.0. The van der Waals surface area contributed by atoms with Gasteiger partial charge in [0.05, 0.1) is 18.0 Å². The molecule has 0 saturated carbocycles. The molecule has 0 amide bonds. The zero-order valence-corrected chi connectivity index (χ0v) is 23.1. The minimum Gasteiger partial charge on any atom is -0.414 e. The monoisotopic (exact) mass is 502 g/mol. The molecule has 2 aliphatic heterocycles. The van der Waals surface area contributed by atoms with Crippen LogP contribution < -0.4 is 11.2 Å². The van der Waals surface area contributed by atoms with Gasteiger partial charge in [-0.2, -0.15) is 0 Å². The number of H-pyrrole nitrogens is 1. The Bertz CT molecular complexity index is 902. The number of aliphatic hydroxyl groups is 1. The molecule has 11 heteroatoms. The Morgan fingerprint density at radius 3 is 2.09 bits per heavy atom. The van der Waals surface area contributed by atoms with Crippen LogP contribution in [0.2, 0.25) is 22.2 Å². The van der Waals surface area contributed by atoms with Gasteiger partial charge in [0.2, 0.25) is 0 Å². The Hall–Kier alpha value is -0.696. The van der Waals surface area contributed by atoms with Gasteiger partial charge in [-0.3, -0.25) is 14.3 Å². The minimum absolute atomic E-state index is 0.147. The summed E-state index contributed by atoms with van der Waals surface area (Å²) in [4.78, 5) is 26.3. The second-order valence-electron chi connectivity index (χ2n) is 10.1.